The summed E-state index contributed by atoms with van der Waals surface area (Å²) in [6.45, 7) is 1.31. The molecule has 35 heavy (non-hydrogen) atoms. The Morgan fingerprint density at radius 3 is 1.69 bits per heavy atom. The third-order valence-corrected chi connectivity index (χ3v) is 11.5. The van der Waals surface area contributed by atoms with Crippen molar-refractivity contribution in [3.05, 3.63) is 121 Å². The van der Waals surface area contributed by atoms with E-state index in [1.165, 1.54) is 15.9 Å². The van der Waals surface area contributed by atoms with Crippen molar-refractivity contribution in [2.45, 2.75) is 18.6 Å². The van der Waals surface area contributed by atoms with Gasteiger partial charge in [0.15, 0.2) is 5.66 Å². The van der Waals surface area contributed by atoms with Crippen LogP contribution in [0.5, 0.6) is 5.75 Å². The molecule has 1 saturated heterocycles. The van der Waals surface area contributed by atoms with Crippen molar-refractivity contribution in [2.24, 2.45) is 0 Å². The highest BCUT2D eigenvalue weighted by atomic mass is 79.9. The monoisotopic (exact) mass is 545 g/mol. The van der Waals surface area contributed by atoms with Gasteiger partial charge in [-0.05, 0) is 42.5 Å². The first kappa shape index (κ1) is 25.2. The zero-order chi connectivity index (χ0) is 23.4. The molecule has 0 aromatic heterocycles. The van der Waals surface area contributed by atoms with E-state index in [-0.39, 0.29) is 28.5 Å². The maximum Gasteiger partial charge on any atom is 0.264 e. The standard InChI is InChI=1S/C30H29NO2P.BrH/c1-33-28-20-12-11-13-24(28)23-31-22-21-29(30(31)32)34(25-14-5-2-6-15-25,26-16-7-3-8-17-26)27-18-9-4-10-19-27;/h2-20,29H,21-23H2,1H3;1H/q+1;/p-1. The lowest BCUT2D eigenvalue weighted by atomic mass is 10.2. The molecule has 4 aromatic rings. The maximum atomic E-state index is 14.2. The van der Waals surface area contributed by atoms with Crippen LogP contribution in [0.3, 0.4) is 0 Å². The van der Waals surface area contributed by atoms with Gasteiger partial charge in [-0.15, -0.1) is 0 Å². The van der Waals surface area contributed by atoms with Crippen LogP contribution in [0.4, 0.5) is 0 Å². The Labute approximate surface area is 218 Å². The zero-order valence-corrected chi connectivity index (χ0v) is 22.2. The zero-order valence-electron chi connectivity index (χ0n) is 19.8. The van der Waals surface area contributed by atoms with Crippen molar-refractivity contribution in [1.29, 1.82) is 0 Å². The Morgan fingerprint density at radius 2 is 1.20 bits per heavy atom. The summed E-state index contributed by atoms with van der Waals surface area (Å²) in [5.41, 5.74) is 0.941. The SMILES string of the molecule is COc1ccccc1CN1CCC([P+](c2ccccc2)(c2ccccc2)c2ccccc2)C1=O.[Br-]. The number of para-hydroxylation sites is 1. The number of amides is 1. The van der Waals surface area contributed by atoms with E-state index in [0.717, 1.165) is 24.3 Å². The lowest BCUT2D eigenvalue weighted by Gasteiger charge is -2.32. The van der Waals surface area contributed by atoms with Crippen LogP contribution < -0.4 is 37.6 Å². The van der Waals surface area contributed by atoms with Crippen LogP contribution in [-0.2, 0) is 11.3 Å². The minimum absolute atomic E-state index is 0. The number of rotatable bonds is 7. The minimum Gasteiger partial charge on any atom is -1.00 e. The number of methoxy groups -OCH3 is 1. The molecule has 1 amide bonds. The van der Waals surface area contributed by atoms with Gasteiger partial charge in [-0.3, -0.25) is 4.79 Å². The van der Waals surface area contributed by atoms with Crippen LogP contribution in [0.1, 0.15) is 12.0 Å². The lowest BCUT2D eigenvalue weighted by molar-refractivity contribution is -0.127. The molecule has 0 saturated carbocycles. The molecule has 1 aliphatic heterocycles. The third kappa shape index (κ3) is 4.66. The Hall–Kier alpha value is -2.94. The van der Waals surface area contributed by atoms with E-state index < -0.39 is 7.26 Å². The molecule has 1 aliphatic rings. The molecule has 1 unspecified atom stereocenters. The molecule has 5 rings (SSSR count). The lowest BCUT2D eigenvalue weighted by Crippen LogP contribution is -3.00. The van der Waals surface area contributed by atoms with Crippen molar-refractivity contribution in [2.75, 3.05) is 13.7 Å². The molecule has 4 aromatic carbocycles. The van der Waals surface area contributed by atoms with E-state index in [1.54, 1.807) is 7.11 Å². The van der Waals surface area contributed by atoms with Gasteiger partial charge in [0.05, 0.1) is 7.11 Å². The predicted molar refractivity (Wildman–Crippen MR) is 142 cm³/mol. The molecular formula is C30H29BrNO2P. The summed E-state index contributed by atoms with van der Waals surface area (Å²) in [4.78, 5) is 16.2. The van der Waals surface area contributed by atoms with Gasteiger partial charge in [0.1, 0.15) is 28.9 Å². The summed E-state index contributed by atoms with van der Waals surface area (Å²) < 4.78 is 5.56. The molecule has 1 atom stereocenters. The highest BCUT2D eigenvalue weighted by Crippen LogP contribution is 2.62. The molecule has 0 radical (unpaired) electrons. The van der Waals surface area contributed by atoms with Crippen LogP contribution in [0.25, 0.3) is 0 Å². The summed E-state index contributed by atoms with van der Waals surface area (Å²) in [7, 11) is -0.556. The number of nitrogens with zero attached hydrogens (tertiary/aromatic N) is 1. The van der Waals surface area contributed by atoms with Gasteiger partial charge in [-0.2, -0.15) is 0 Å². The average molecular weight is 546 g/mol. The van der Waals surface area contributed by atoms with Crippen molar-refractivity contribution < 1.29 is 26.5 Å². The van der Waals surface area contributed by atoms with E-state index in [1.807, 2.05) is 29.2 Å². The molecule has 1 fully saturated rings. The van der Waals surface area contributed by atoms with Crippen LogP contribution >= 0.6 is 7.26 Å². The van der Waals surface area contributed by atoms with Crippen molar-refractivity contribution in [1.82, 2.24) is 4.90 Å². The van der Waals surface area contributed by atoms with Gasteiger partial charge >= 0.3 is 0 Å². The van der Waals surface area contributed by atoms with Gasteiger partial charge in [0.2, 0.25) is 0 Å². The Bertz CT molecular complexity index is 1150. The van der Waals surface area contributed by atoms with Gasteiger partial charge in [-0.1, -0.05) is 72.8 Å². The van der Waals surface area contributed by atoms with Gasteiger partial charge in [-0.25, -0.2) is 0 Å². The number of hydrogen-bond acceptors (Lipinski definition) is 2. The first-order valence-electron chi connectivity index (χ1n) is 11.7. The van der Waals surface area contributed by atoms with Crippen molar-refractivity contribution >= 4 is 29.1 Å². The molecule has 3 nitrogen and oxygen atoms in total. The summed E-state index contributed by atoms with van der Waals surface area (Å²) in [6, 6.07) is 40.0. The number of carbonyl (C=O) groups excluding carboxylic acids is 1. The van der Waals surface area contributed by atoms with E-state index >= 15 is 0 Å². The molecular weight excluding hydrogens is 517 g/mol. The summed E-state index contributed by atoms with van der Waals surface area (Å²) in [5.74, 6) is 1.06. The number of carbonyl (C=O) groups is 1. The van der Waals surface area contributed by atoms with Crippen LogP contribution in [-0.4, -0.2) is 30.1 Å². The number of ether oxygens (including phenoxy) is 1. The highest BCUT2D eigenvalue weighted by Gasteiger charge is 2.58. The van der Waals surface area contributed by atoms with Crippen LogP contribution in [0, 0.1) is 0 Å². The molecule has 1 heterocycles. The first-order valence-corrected chi connectivity index (χ1v) is 13.6. The minimum atomic E-state index is -2.24. The van der Waals surface area contributed by atoms with Crippen molar-refractivity contribution in [3.8, 4) is 5.75 Å². The summed E-state index contributed by atoms with van der Waals surface area (Å²) in [6.07, 6.45) is 0.834. The summed E-state index contributed by atoms with van der Waals surface area (Å²) in [5, 5.41) is 3.76. The molecule has 0 spiro atoms. The Balaban J connectivity index is 0.00000289. The maximum absolute atomic E-state index is 14.2. The van der Waals surface area contributed by atoms with E-state index in [4.69, 9.17) is 4.74 Å². The predicted octanol–water partition coefficient (Wildman–Crippen LogP) is 1.79. The molecule has 0 bridgehead atoms. The quantitative estimate of drug-likeness (QED) is 0.331. The fourth-order valence-corrected chi connectivity index (χ4v) is 10.2. The fourth-order valence-electron chi connectivity index (χ4n) is 5.25. The summed E-state index contributed by atoms with van der Waals surface area (Å²) >= 11 is 0. The van der Waals surface area contributed by atoms with Crippen LogP contribution in [0.2, 0.25) is 0 Å². The fraction of sp³-hybridized carbons (Fsp3) is 0.167. The second-order valence-electron chi connectivity index (χ2n) is 8.61. The number of hydrogen-bond donors (Lipinski definition) is 0. The number of likely N-dealkylation sites (tertiary alicyclic amines) is 1. The largest absolute Gasteiger partial charge is 1.00 e. The van der Waals surface area contributed by atoms with Crippen molar-refractivity contribution in [3.63, 3.8) is 0 Å². The molecule has 0 N–H and O–H groups in total. The normalized spacial score (nSPS) is 15.5. The van der Waals surface area contributed by atoms with E-state index in [2.05, 4.69) is 91.0 Å². The second kappa shape index (κ2) is 11.2. The molecule has 5 heteroatoms. The Kier molecular flexibility index (Phi) is 8.05. The van der Waals surface area contributed by atoms with E-state index in [0.29, 0.717) is 6.54 Å². The highest BCUT2D eigenvalue weighted by molar-refractivity contribution is 7.96. The Morgan fingerprint density at radius 1 is 0.743 bits per heavy atom. The smallest absolute Gasteiger partial charge is 0.264 e. The molecule has 0 aliphatic carbocycles. The average Bonchev–Trinajstić information content (AvgIpc) is 3.27. The van der Waals surface area contributed by atoms with E-state index in [9.17, 15) is 4.79 Å². The first-order chi connectivity index (χ1) is 16.7. The number of benzene rings is 4. The molecule has 178 valence electrons. The van der Waals surface area contributed by atoms with Gasteiger partial charge < -0.3 is 26.6 Å². The van der Waals surface area contributed by atoms with Gasteiger partial charge in [0.25, 0.3) is 5.91 Å². The second-order valence-corrected chi connectivity index (χ2v) is 12.2. The third-order valence-electron chi connectivity index (χ3n) is 6.78. The van der Waals surface area contributed by atoms with Crippen LogP contribution in [0.15, 0.2) is 115 Å². The number of halogens is 1. The van der Waals surface area contributed by atoms with Gasteiger partial charge in [0, 0.05) is 25.1 Å². The topological polar surface area (TPSA) is 29.5 Å².